The van der Waals surface area contributed by atoms with Gasteiger partial charge in [-0.1, -0.05) is 30.3 Å². The van der Waals surface area contributed by atoms with Crippen LogP contribution in [0.5, 0.6) is 0 Å². The molecule has 4 heterocycles. The Bertz CT molecular complexity index is 1150. The lowest BCUT2D eigenvalue weighted by molar-refractivity contribution is 0.0931. The molecule has 3 aromatic heterocycles. The van der Waals surface area contributed by atoms with Gasteiger partial charge in [0.25, 0.3) is 5.91 Å². The molecule has 0 spiro atoms. The minimum Gasteiger partial charge on any atom is -0.356 e. The highest BCUT2D eigenvalue weighted by Gasteiger charge is 2.24. The number of anilines is 1. The van der Waals surface area contributed by atoms with Crippen LogP contribution in [0.4, 0.5) is 5.82 Å². The third-order valence-corrected chi connectivity index (χ3v) is 6.53. The molecular formula is C23H21N5OS. The lowest BCUT2D eigenvalue weighted by atomic mass is 10.0. The quantitative estimate of drug-likeness (QED) is 0.542. The molecule has 0 unspecified atom stereocenters. The summed E-state index contributed by atoms with van der Waals surface area (Å²) in [5, 5.41) is 4.24. The van der Waals surface area contributed by atoms with Crippen LogP contribution in [0.1, 0.15) is 23.2 Å². The van der Waals surface area contributed by atoms with Gasteiger partial charge in [-0.25, -0.2) is 9.97 Å². The molecule has 0 atom stereocenters. The van der Waals surface area contributed by atoms with Crippen LogP contribution in [-0.4, -0.2) is 40.0 Å². The number of pyridine rings is 1. The topological polar surface area (TPSA) is 71.0 Å². The second-order valence-electron chi connectivity index (χ2n) is 7.36. The van der Waals surface area contributed by atoms with Crippen molar-refractivity contribution in [3.05, 3.63) is 72.8 Å². The van der Waals surface area contributed by atoms with Gasteiger partial charge >= 0.3 is 0 Å². The van der Waals surface area contributed by atoms with E-state index < -0.39 is 0 Å². The van der Waals surface area contributed by atoms with Gasteiger partial charge < -0.3 is 10.2 Å². The number of hydrogen-bond donors (Lipinski definition) is 1. The smallest absolute Gasteiger partial charge is 0.251 e. The predicted molar refractivity (Wildman–Crippen MR) is 120 cm³/mol. The summed E-state index contributed by atoms with van der Waals surface area (Å²) in [5.41, 5.74) is 1.85. The van der Waals surface area contributed by atoms with Crippen molar-refractivity contribution in [1.82, 2.24) is 20.3 Å². The van der Waals surface area contributed by atoms with Crippen molar-refractivity contribution in [2.45, 2.75) is 18.9 Å². The molecule has 6 nitrogen and oxygen atoms in total. The van der Waals surface area contributed by atoms with E-state index in [4.69, 9.17) is 0 Å². The van der Waals surface area contributed by atoms with E-state index in [1.807, 2.05) is 6.07 Å². The van der Waals surface area contributed by atoms with Crippen LogP contribution in [0.3, 0.4) is 0 Å². The zero-order valence-corrected chi connectivity index (χ0v) is 17.2. The van der Waals surface area contributed by atoms with Crippen LogP contribution in [0, 0.1) is 0 Å². The van der Waals surface area contributed by atoms with Crippen molar-refractivity contribution in [2.24, 2.45) is 0 Å². The summed E-state index contributed by atoms with van der Waals surface area (Å²) in [5.74, 6) is 0.947. The van der Waals surface area contributed by atoms with Crippen molar-refractivity contribution in [3.63, 3.8) is 0 Å². The van der Waals surface area contributed by atoms with Gasteiger partial charge in [0.05, 0.1) is 5.39 Å². The van der Waals surface area contributed by atoms with Crippen molar-refractivity contribution >= 4 is 33.3 Å². The molecule has 7 heteroatoms. The third kappa shape index (κ3) is 3.76. The highest BCUT2D eigenvalue weighted by atomic mass is 32.1. The molecular weight excluding hydrogens is 394 g/mol. The Balaban J connectivity index is 1.30. The van der Waals surface area contributed by atoms with Crippen molar-refractivity contribution in [3.8, 4) is 10.4 Å². The van der Waals surface area contributed by atoms with Gasteiger partial charge in [-0.15, -0.1) is 11.3 Å². The number of piperidine rings is 1. The molecule has 0 radical (unpaired) electrons. The Hall–Kier alpha value is -3.32. The van der Waals surface area contributed by atoms with Crippen LogP contribution in [0.2, 0.25) is 0 Å². The van der Waals surface area contributed by atoms with Crippen LogP contribution in [-0.2, 0) is 0 Å². The van der Waals surface area contributed by atoms with Gasteiger partial charge in [-0.05, 0) is 36.6 Å². The van der Waals surface area contributed by atoms with E-state index in [1.165, 1.54) is 10.4 Å². The van der Waals surface area contributed by atoms with Gasteiger partial charge in [0, 0.05) is 42.0 Å². The Morgan fingerprint density at radius 1 is 1.03 bits per heavy atom. The molecule has 1 saturated heterocycles. The molecule has 1 aliphatic rings. The molecule has 1 aromatic carbocycles. The van der Waals surface area contributed by atoms with E-state index in [9.17, 15) is 4.79 Å². The highest BCUT2D eigenvalue weighted by Crippen LogP contribution is 2.36. The molecule has 0 saturated carbocycles. The highest BCUT2D eigenvalue weighted by molar-refractivity contribution is 7.21. The summed E-state index contributed by atoms with van der Waals surface area (Å²) in [6, 6.07) is 16.2. The van der Waals surface area contributed by atoms with Crippen molar-refractivity contribution < 1.29 is 4.79 Å². The SMILES string of the molecule is O=C(NC1CCN(c2ncnc3sc(-c4ccccc4)cc23)CC1)c1ccncc1. The second kappa shape index (κ2) is 8.20. The number of thiophene rings is 1. The number of carbonyl (C=O) groups excluding carboxylic acids is 1. The first-order chi connectivity index (χ1) is 14.8. The predicted octanol–water partition coefficient (Wildman–Crippen LogP) is 4.15. The lowest BCUT2D eigenvalue weighted by Gasteiger charge is -2.33. The fourth-order valence-corrected chi connectivity index (χ4v) is 4.85. The fraction of sp³-hybridized carbons (Fsp3) is 0.217. The number of amides is 1. The zero-order chi connectivity index (χ0) is 20.3. The van der Waals surface area contributed by atoms with Crippen LogP contribution in [0.25, 0.3) is 20.7 Å². The van der Waals surface area contributed by atoms with Crippen LogP contribution < -0.4 is 10.2 Å². The molecule has 0 aliphatic carbocycles. The second-order valence-corrected chi connectivity index (χ2v) is 8.39. The summed E-state index contributed by atoms with van der Waals surface area (Å²) < 4.78 is 0. The van der Waals surface area contributed by atoms with Crippen LogP contribution in [0.15, 0.2) is 67.3 Å². The molecule has 4 aromatic rings. The Morgan fingerprint density at radius 3 is 2.57 bits per heavy atom. The first-order valence-electron chi connectivity index (χ1n) is 10.0. The number of fused-ring (bicyclic) bond motifs is 1. The molecule has 1 N–H and O–H groups in total. The molecule has 1 aliphatic heterocycles. The van der Waals surface area contributed by atoms with Gasteiger partial charge in [0.15, 0.2) is 0 Å². The average molecular weight is 416 g/mol. The Morgan fingerprint density at radius 2 is 1.80 bits per heavy atom. The van der Waals surface area contributed by atoms with Crippen LogP contribution >= 0.6 is 11.3 Å². The van der Waals surface area contributed by atoms with E-state index in [-0.39, 0.29) is 11.9 Å². The van der Waals surface area contributed by atoms with Gasteiger partial charge in [0.1, 0.15) is 17.0 Å². The number of rotatable bonds is 4. The Kier molecular flexibility index (Phi) is 5.11. The van der Waals surface area contributed by atoms with Gasteiger partial charge in [-0.3, -0.25) is 9.78 Å². The maximum atomic E-state index is 12.4. The first kappa shape index (κ1) is 18.7. The first-order valence-corrected chi connectivity index (χ1v) is 10.9. The standard InChI is InChI=1S/C23H21N5OS/c29-22(17-6-10-24-11-7-17)27-18-8-12-28(13-9-18)21-19-14-20(16-4-2-1-3-5-16)30-23(19)26-15-25-21/h1-7,10-11,14-15,18H,8-9,12-13H2,(H,27,29). The molecule has 30 heavy (non-hydrogen) atoms. The van der Waals surface area contributed by atoms with E-state index >= 15 is 0 Å². The van der Waals surface area contributed by atoms with E-state index in [2.05, 4.69) is 55.5 Å². The van der Waals surface area contributed by atoms with Gasteiger partial charge in [0.2, 0.25) is 0 Å². The van der Waals surface area contributed by atoms with E-state index in [0.29, 0.717) is 5.56 Å². The normalized spacial score (nSPS) is 14.7. The number of hydrogen-bond acceptors (Lipinski definition) is 6. The fourth-order valence-electron chi connectivity index (χ4n) is 3.85. The largest absolute Gasteiger partial charge is 0.356 e. The molecule has 0 bridgehead atoms. The summed E-state index contributed by atoms with van der Waals surface area (Å²) in [6.07, 6.45) is 6.71. The number of benzene rings is 1. The number of nitrogens with zero attached hydrogens (tertiary/aromatic N) is 4. The summed E-state index contributed by atoms with van der Waals surface area (Å²) in [4.78, 5) is 30.0. The average Bonchev–Trinajstić information content (AvgIpc) is 3.25. The van der Waals surface area contributed by atoms with Gasteiger partial charge in [-0.2, -0.15) is 0 Å². The van der Waals surface area contributed by atoms with E-state index in [1.54, 1.807) is 42.2 Å². The maximum absolute atomic E-state index is 12.4. The summed E-state index contributed by atoms with van der Waals surface area (Å²) in [7, 11) is 0. The molecule has 1 fully saturated rings. The number of nitrogens with one attached hydrogen (secondary N) is 1. The summed E-state index contributed by atoms with van der Waals surface area (Å²) >= 11 is 1.70. The number of carbonyl (C=O) groups is 1. The molecule has 1 amide bonds. The minimum atomic E-state index is -0.0365. The maximum Gasteiger partial charge on any atom is 0.251 e. The van der Waals surface area contributed by atoms with Crippen molar-refractivity contribution in [1.29, 1.82) is 0 Å². The Labute approximate surface area is 178 Å². The molecule has 150 valence electrons. The zero-order valence-electron chi connectivity index (χ0n) is 16.4. The minimum absolute atomic E-state index is 0.0365. The third-order valence-electron chi connectivity index (χ3n) is 5.44. The molecule has 5 rings (SSSR count). The number of aromatic nitrogens is 3. The summed E-state index contributed by atoms with van der Waals surface area (Å²) in [6.45, 7) is 1.70. The lowest BCUT2D eigenvalue weighted by Crippen LogP contribution is -2.45. The monoisotopic (exact) mass is 415 g/mol. The van der Waals surface area contributed by atoms with E-state index in [0.717, 1.165) is 42.0 Å². The van der Waals surface area contributed by atoms with Crippen molar-refractivity contribution in [2.75, 3.05) is 18.0 Å².